The first-order valence-electron chi connectivity index (χ1n) is 7.82. The van der Waals surface area contributed by atoms with Crippen LogP contribution in [0.1, 0.15) is 37.7 Å². The zero-order chi connectivity index (χ0) is 14.9. The van der Waals surface area contributed by atoms with Crippen molar-refractivity contribution < 1.29 is 4.79 Å². The Balaban J connectivity index is 1.76. The van der Waals surface area contributed by atoms with Crippen LogP contribution in [0, 0.1) is 11.8 Å². The Hall–Kier alpha value is -1.79. The molecule has 0 saturated carbocycles. The van der Waals surface area contributed by atoms with Gasteiger partial charge in [0.05, 0.1) is 19.0 Å². The summed E-state index contributed by atoms with van der Waals surface area (Å²) in [5.41, 5.74) is 1.07. The Morgan fingerprint density at radius 3 is 2.62 bits per heavy atom. The summed E-state index contributed by atoms with van der Waals surface area (Å²) in [7, 11) is 0. The first-order chi connectivity index (χ1) is 10.3. The lowest BCUT2D eigenvalue weighted by Gasteiger charge is -2.14. The molecule has 1 saturated heterocycles. The van der Waals surface area contributed by atoms with Crippen LogP contribution in [0.3, 0.4) is 0 Å². The van der Waals surface area contributed by atoms with E-state index in [1.165, 1.54) is 12.8 Å². The fourth-order valence-corrected chi connectivity index (χ4v) is 2.68. The third-order valence-electron chi connectivity index (χ3n) is 3.90. The number of hydrogen-bond acceptors (Lipinski definition) is 2. The van der Waals surface area contributed by atoms with Crippen molar-refractivity contribution in [3.8, 4) is 11.8 Å². The Morgan fingerprint density at radius 2 is 1.95 bits per heavy atom. The third kappa shape index (κ3) is 4.91. The minimum atomic E-state index is -0.0772. The maximum absolute atomic E-state index is 12.2. The van der Waals surface area contributed by atoms with Crippen LogP contribution in [-0.4, -0.2) is 37.0 Å². The van der Waals surface area contributed by atoms with Crippen LogP contribution in [0.25, 0.3) is 0 Å². The fraction of sp³-hybridized carbons (Fsp3) is 0.500. The van der Waals surface area contributed by atoms with Crippen molar-refractivity contribution in [1.29, 1.82) is 0 Å². The van der Waals surface area contributed by atoms with Crippen LogP contribution < -0.4 is 5.32 Å². The standard InChI is InChI=1S/C18H24N2O/c1-2-17(16-10-4-3-5-11-16)18(21)19-12-6-7-13-20-14-8-9-15-20/h3-5,10-11,17H,2,8-9,12-15H2,1H3,(H,19,21)/t17-/m0/s1. The van der Waals surface area contributed by atoms with Gasteiger partial charge in [0.25, 0.3) is 0 Å². The van der Waals surface area contributed by atoms with Crippen molar-refractivity contribution >= 4 is 5.91 Å². The zero-order valence-electron chi connectivity index (χ0n) is 12.8. The molecule has 1 aliphatic rings. The number of benzene rings is 1. The summed E-state index contributed by atoms with van der Waals surface area (Å²) in [5, 5.41) is 2.93. The smallest absolute Gasteiger partial charge is 0.228 e. The first kappa shape index (κ1) is 15.6. The highest BCUT2D eigenvalue weighted by Crippen LogP contribution is 2.18. The number of carbonyl (C=O) groups excluding carboxylic acids is 1. The molecule has 1 fully saturated rings. The Bertz CT molecular complexity index is 495. The summed E-state index contributed by atoms with van der Waals surface area (Å²) in [4.78, 5) is 14.6. The summed E-state index contributed by atoms with van der Waals surface area (Å²) < 4.78 is 0. The molecule has 1 atom stereocenters. The van der Waals surface area contributed by atoms with E-state index in [2.05, 4.69) is 22.1 Å². The van der Waals surface area contributed by atoms with E-state index in [9.17, 15) is 4.79 Å². The highest BCUT2D eigenvalue weighted by Gasteiger charge is 2.17. The van der Waals surface area contributed by atoms with E-state index >= 15 is 0 Å². The van der Waals surface area contributed by atoms with Gasteiger partial charge in [0, 0.05) is 0 Å². The molecule has 0 radical (unpaired) electrons. The van der Waals surface area contributed by atoms with Gasteiger partial charge in [-0.15, -0.1) is 0 Å². The van der Waals surface area contributed by atoms with E-state index in [0.29, 0.717) is 6.54 Å². The quantitative estimate of drug-likeness (QED) is 0.842. The minimum Gasteiger partial charge on any atom is -0.345 e. The molecule has 0 aliphatic carbocycles. The Morgan fingerprint density at radius 1 is 1.24 bits per heavy atom. The van der Waals surface area contributed by atoms with Gasteiger partial charge in [0.15, 0.2) is 0 Å². The van der Waals surface area contributed by atoms with Gasteiger partial charge >= 0.3 is 0 Å². The number of rotatable bonds is 5. The molecule has 3 heteroatoms. The molecule has 1 heterocycles. The molecule has 1 aliphatic heterocycles. The molecule has 1 amide bonds. The van der Waals surface area contributed by atoms with Gasteiger partial charge in [0.1, 0.15) is 0 Å². The zero-order valence-corrected chi connectivity index (χ0v) is 12.8. The molecular weight excluding hydrogens is 260 g/mol. The fourth-order valence-electron chi connectivity index (χ4n) is 2.68. The molecule has 3 nitrogen and oxygen atoms in total. The van der Waals surface area contributed by atoms with Gasteiger partial charge in [-0.3, -0.25) is 9.69 Å². The molecule has 0 spiro atoms. The number of hydrogen-bond donors (Lipinski definition) is 1. The second kappa shape index (κ2) is 8.49. The lowest BCUT2D eigenvalue weighted by atomic mass is 9.96. The highest BCUT2D eigenvalue weighted by atomic mass is 16.1. The second-order valence-electron chi connectivity index (χ2n) is 5.43. The number of nitrogens with zero attached hydrogens (tertiary/aromatic N) is 1. The van der Waals surface area contributed by atoms with E-state index in [1.54, 1.807) is 0 Å². The van der Waals surface area contributed by atoms with Crippen LogP contribution in [0.4, 0.5) is 0 Å². The molecule has 21 heavy (non-hydrogen) atoms. The van der Waals surface area contributed by atoms with Crippen LogP contribution in [0.15, 0.2) is 30.3 Å². The highest BCUT2D eigenvalue weighted by molar-refractivity contribution is 5.83. The van der Waals surface area contributed by atoms with Gasteiger partial charge in [-0.1, -0.05) is 49.1 Å². The van der Waals surface area contributed by atoms with Crippen LogP contribution >= 0.6 is 0 Å². The van der Waals surface area contributed by atoms with Gasteiger partial charge in [-0.2, -0.15) is 0 Å². The van der Waals surface area contributed by atoms with Gasteiger partial charge < -0.3 is 5.32 Å². The van der Waals surface area contributed by atoms with Gasteiger partial charge in [-0.05, 0) is 37.9 Å². The number of nitrogens with one attached hydrogen (secondary N) is 1. The molecule has 112 valence electrons. The van der Waals surface area contributed by atoms with Crippen molar-refractivity contribution in [3.63, 3.8) is 0 Å². The average molecular weight is 284 g/mol. The van der Waals surface area contributed by atoms with Crippen molar-refractivity contribution in [2.24, 2.45) is 0 Å². The lowest BCUT2D eigenvalue weighted by molar-refractivity contribution is -0.122. The first-order valence-corrected chi connectivity index (χ1v) is 7.82. The monoisotopic (exact) mass is 284 g/mol. The average Bonchev–Trinajstić information content (AvgIpc) is 3.02. The summed E-state index contributed by atoms with van der Waals surface area (Å²) in [6, 6.07) is 9.93. The van der Waals surface area contributed by atoms with Crippen LogP contribution in [0.2, 0.25) is 0 Å². The molecule has 2 rings (SSSR count). The summed E-state index contributed by atoms with van der Waals surface area (Å²) in [6.07, 6.45) is 3.37. The lowest BCUT2D eigenvalue weighted by Crippen LogP contribution is -2.29. The van der Waals surface area contributed by atoms with Crippen LogP contribution in [-0.2, 0) is 4.79 Å². The van der Waals surface area contributed by atoms with Crippen LogP contribution in [0.5, 0.6) is 0 Å². The molecule has 1 N–H and O–H groups in total. The normalized spacial score (nSPS) is 16.0. The maximum Gasteiger partial charge on any atom is 0.228 e. The summed E-state index contributed by atoms with van der Waals surface area (Å²) in [6.45, 7) is 5.62. The third-order valence-corrected chi connectivity index (χ3v) is 3.90. The topological polar surface area (TPSA) is 32.3 Å². The molecule has 1 aromatic carbocycles. The Labute approximate surface area is 127 Å². The van der Waals surface area contributed by atoms with Gasteiger partial charge in [0.2, 0.25) is 5.91 Å². The summed E-state index contributed by atoms with van der Waals surface area (Å²) >= 11 is 0. The maximum atomic E-state index is 12.2. The summed E-state index contributed by atoms with van der Waals surface area (Å²) in [5.74, 6) is 6.18. The van der Waals surface area contributed by atoms with E-state index < -0.39 is 0 Å². The minimum absolute atomic E-state index is 0.0687. The van der Waals surface area contributed by atoms with Crippen molar-refractivity contribution in [2.75, 3.05) is 26.2 Å². The number of likely N-dealkylation sites (tertiary alicyclic amines) is 1. The molecule has 0 aromatic heterocycles. The Kier molecular flexibility index (Phi) is 6.30. The SMILES string of the molecule is CC[C@H](C(=O)NCC#CCN1CCCC1)c1ccccc1. The van der Waals surface area contributed by atoms with E-state index in [1.807, 2.05) is 37.3 Å². The molecule has 1 aromatic rings. The van der Waals surface area contributed by atoms with E-state index in [0.717, 1.165) is 31.6 Å². The predicted molar refractivity (Wildman–Crippen MR) is 85.9 cm³/mol. The van der Waals surface area contributed by atoms with Crippen molar-refractivity contribution in [1.82, 2.24) is 10.2 Å². The predicted octanol–water partition coefficient (Wildman–Crippen LogP) is 2.40. The molecule has 0 unspecified atom stereocenters. The van der Waals surface area contributed by atoms with Crippen molar-refractivity contribution in [2.45, 2.75) is 32.1 Å². The van der Waals surface area contributed by atoms with Crippen molar-refractivity contribution in [3.05, 3.63) is 35.9 Å². The number of carbonyl (C=O) groups is 1. The largest absolute Gasteiger partial charge is 0.345 e. The van der Waals surface area contributed by atoms with Gasteiger partial charge in [-0.25, -0.2) is 0 Å². The number of amides is 1. The molecule has 0 bridgehead atoms. The van der Waals surface area contributed by atoms with E-state index in [-0.39, 0.29) is 11.8 Å². The second-order valence-corrected chi connectivity index (χ2v) is 5.43. The molecular formula is C18H24N2O. The van der Waals surface area contributed by atoms with E-state index in [4.69, 9.17) is 0 Å².